The molecule has 3 N–H and O–H groups in total. The first kappa shape index (κ1) is 14.9. The van der Waals surface area contributed by atoms with Crippen LogP contribution in [0.4, 0.5) is 0 Å². The number of nitrogens with two attached hydrogens (primary N) is 1. The van der Waals surface area contributed by atoms with Crippen molar-refractivity contribution < 1.29 is 9.90 Å². The quantitative estimate of drug-likeness (QED) is 0.890. The molecule has 0 saturated carbocycles. The number of piperidine rings is 1. The van der Waals surface area contributed by atoms with E-state index in [0.29, 0.717) is 23.6 Å². The first-order valence-corrected chi connectivity index (χ1v) is 7.38. The minimum absolute atomic E-state index is 0.0107. The van der Waals surface area contributed by atoms with Gasteiger partial charge in [-0.05, 0) is 37.8 Å². The van der Waals surface area contributed by atoms with Crippen molar-refractivity contribution in [3.8, 4) is 5.75 Å². The molecule has 1 aromatic carbocycles. The van der Waals surface area contributed by atoms with Crippen LogP contribution in [-0.2, 0) is 0 Å². The number of carbonyl (C=O) groups excluding carboxylic acids is 1. The van der Waals surface area contributed by atoms with Crippen LogP contribution >= 0.6 is 0 Å². The van der Waals surface area contributed by atoms with Crippen LogP contribution in [0.5, 0.6) is 5.75 Å². The molecule has 1 aromatic rings. The third-order valence-corrected chi connectivity index (χ3v) is 4.47. The van der Waals surface area contributed by atoms with Crippen molar-refractivity contribution >= 4 is 5.91 Å². The molecule has 1 aliphatic rings. The molecule has 4 nitrogen and oxygen atoms in total. The molecule has 0 aromatic heterocycles. The minimum Gasteiger partial charge on any atom is -0.508 e. The van der Waals surface area contributed by atoms with Gasteiger partial charge in [-0.1, -0.05) is 19.4 Å². The third kappa shape index (κ3) is 2.80. The highest BCUT2D eigenvalue weighted by Crippen LogP contribution is 2.28. The molecule has 1 aliphatic heterocycles. The SMILES string of the molecule is CCC1CCN(C(=O)c2cccc(O)c2C)C(CN)C1. The summed E-state index contributed by atoms with van der Waals surface area (Å²) in [5.41, 5.74) is 7.08. The van der Waals surface area contributed by atoms with Gasteiger partial charge in [-0.2, -0.15) is 0 Å². The van der Waals surface area contributed by atoms with Gasteiger partial charge in [-0.3, -0.25) is 4.79 Å². The Kier molecular flexibility index (Phi) is 4.65. The second kappa shape index (κ2) is 6.27. The molecule has 0 aliphatic carbocycles. The molecular formula is C16H24N2O2. The highest BCUT2D eigenvalue weighted by atomic mass is 16.3. The number of aromatic hydroxyl groups is 1. The van der Waals surface area contributed by atoms with Crippen LogP contribution < -0.4 is 5.73 Å². The van der Waals surface area contributed by atoms with Gasteiger partial charge >= 0.3 is 0 Å². The molecule has 1 fully saturated rings. The van der Waals surface area contributed by atoms with Gasteiger partial charge in [0, 0.05) is 30.3 Å². The summed E-state index contributed by atoms with van der Waals surface area (Å²) < 4.78 is 0. The topological polar surface area (TPSA) is 66.6 Å². The third-order valence-electron chi connectivity index (χ3n) is 4.47. The van der Waals surface area contributed by atoms with Crippen molar-refractivity contribution in [3.05, 3.63) is 29.3 Å². The van der Waals surface area contributed by atoms with E-state index in [9.17, 15) is 9.90 Å². The Morgan fingerprint density at radius 2 is 2.25 bits per heavy atom. The Morgan fingerprint density at radius 1 is 1.50 bits per heavy atom. The minimum atomic E-state index is -0.0107. The number of hydrogen-bond donors (Lipinski definition) is 2. The molecule has 0 bridgehead atoms. The number of nitrogens with zero attached hydrogens (tertiary/aromatic N) is 1. The van der Waals surface area contributed by atoms with Gasteiger partial charge in [0.15, 0.2) is 0 Å². The monoisotopic (exact) mass is 276 g/mol. The number of amides is 1. The van der Waals surface area contributed by atoms with E-state index in [1.165, 1.54) is 0 Å². The van der Waals surface area contributed by atoms with Gasteiger partial charge in [0.05, 0.1) is 0 Å². The predicted molar refractivity (Wildman–Crippen MR) is 79.7 cm³/mol. The molecular weight excluding hydrogens is 252 g/mol. The number of phenols is 1. The highest BCUT2D eigenvalue weighted by molar-refractivity contribution is 5.96. The summed E-state index contributed by atoms with van der Waals surface area (Å²) in [7, 11) is 0. The van der Waals surface area contributed by atoms with Gasteiger partial charge in [0.1, 0.15) is 5.75 Å². The van der Waals surface area contributed by atoms with Crippen molar-refractivity contribution in [2.45, 2.75) is 39.2 Å². The Labute approximate surface area is 120 Å². The molecule has 110 valence electrons. The number of likely N-dealkylation sites (tertiary alicyclic amines) is 1. The van der Waals surface area contributed by atoms with E-state index < -0.39 is 0 Å². The lowest BCUT2D eigenvalue weighted by Gasteiger charge is -2.39. The molecule has 1 saturated heterocycles. The first-order chi connectivity index (χ1) is 9.58. The second-order valence-corrected chi connectivity index (χ2v) is 5.64. The first-order valence-electron chi connectivity index (χ1n) is 7.38. The summed E-state index contributed by atoms with van der Waals surface area (Å²) in [5.74, 6) is 0.824. The molecule has 2 atom stereocenters. The average molecular weight is 276 g/mol. The number of hydrogen-bond acceptors (Lipinski definition) is 3. The predicted octanol–water partition coefficient (Wildman–Crippen LogP) is 2.29. The van der Waals surface area contributed by atoms with Crippen molar-refractivity contribution in [2.75, 3.05) is 13.1 Å². The number of phenolic OH excluding ortho intramolecular Hbond substituents is 1. The smallest absolute Gasteiger partial charge is 0.254 e. The van der Waals surface area contributed by atoms with Gasteiger partial charge in [-0.25, -0.2) is 0 Å². The lowest BCUT2D eigenvalue weighted by molar-refractivity contribution is 0.0557. The summed E-state index contributed by atoms with van der Waals surface area (Å²) in [4.78, 5) is 14.6. The lowest BCUT2D eigenvalue weighted by Crippen LogP contribution is -2.49. The fourth-order valence-electron chi connectivity index (χ4n) is 3.01. The molecule has 0 spiro atoms. The number of carbonyl (C=O) groups is 1. The summed E-state index contributed by atoms with van der Waals surface area (Å²) in [6.45, 7) is 5.22. The van der Waals surface area contributed by atoms with Gasteiger partial charge in [0.2, 0.25) is 0 Å². The molecule has 2 rings (SSSR count). The zero-order valence-electron chi connectivity index (χ0n) is 12.3. The maximum Gasteiger partial charge on any atom is 0.254 e. The number of rotatable bonds is 3. The normalized spacial score (nSPS) is 22.9. The standard InChI is InChI=1S/C16H24N2O2/c1-3-12-7-8-18(13(9-12)10-17)16(20)14-5-4-6-15(19)11(14)2/h4-6,12-13,19H,3,7-10,17H2,1-2H3. The van der Waals surface area contributed by atoms with Crippen molar-refractivity contribution in [3.63, 3.8) is 0 Å². The van der Waals surface area contributed by atoms with Crippen LogP contribution in [0.1, 0.15) is 42.1 Å². The Balaban J connectivity index is 2.22. The van der Waals surface area contributed by atoms with Crippen molar-refractivity contribution in [2.24, 2.45) is 11.7 Å². The molecule has 1 amide bonds. The van der Waals surface area contributed by atoms with Crippen LogP contribution in [0.3, 0.4) is 0 Å². The van der Waals surface area contributed by atoms with E-state index in [1.54, 1.807) is 25.1 Å². The van der Waals surface area contributed by atoms with Crippen LogP contribution in [-0.4, -0.2) is 35.0 Å². The molecule has 4 heteroatoms. The van der Waals surface area contributed by atoms with E-state index in [0.717, 1.165) is 25.8 Å². The largest absolute Gasteiger partial charge is 0.508 e. The van der Waals surface area contributed by atoms with E-state index in [2.05, 4.69) is 6.92 Å². The maximum atomic E-state index is 12.7. The maximum absolute atomic E-state index is 12.7. The molecule has 2 unspecified atom stereocenters. The van der Waals surface area contributed by atoms with E-state index in [-0.39, 0.29) is 17.7 Å². The van der Waals surface area contributed by atoms with Crippen LogP contribution in [0.25, 0.3) is 0 Å². The Morgan fingerprint density at radius 3 is 2.90 bits per heavy atom. The van der Waals surface area contributed by atoms with E-state index >= 15 is 0 Å². The zero-order valence-corrected chi connectivity index (χ0v) is 12.3. The van der Waals surface area contributed by atoms with E-state index in [1.807, 2.05) is 4.90 Å². The van der Waals surface area contributed by atoms with Crippen LogP contribution in [0.15, 0.2) is 18.2 Å². The summed E-state index contributed by atoms with van der Waals surface area (Å²) in [6, 6.07) is 5.21. The van der Waals surface area contributed by atoms with Crippen LogP contribution in [0, 0.1) is 12.8 Å². The molecule has 1 heterocycles. The summed E-state index contributed by atoms with van der Waals surface area (Å²) in [6.07, 6.45) is 3.16. The summed E-state index contributed by atoms with van der Waals surface area (Å²) in [5, 5.41) is 9.76. The van der Waals surface area contributed by atoms with Gasteiger partial charge < -0.3 is 15.7 Å². The lowest BCUT2D eigenvalue weighted by atomic mass is 9.88. The molecule has 20 heavy (non-hydrogen) atoms. The highest BCUT2D eigenvalue weighted by Gasteiger charge is 2.31. The average Bonchev–Trinajstić information content (AvgIpc) is 2.48. The molecule has 0 radical (unpaired) electrons. The zero-order chi connectivity index (χ0) is 14.7. The fraction of sp³-hybridized carbons (Fsp3) is 0.562. The van der Waals surface area contributed by atoms with Crippen LogP contribution in [0.2, 0.25) is 0 Å². The Bertz CT molecular complexity index is 487. The van der Waals surface area contributed by atoms with Gasteiger partial charge in [0.25, 0.3) is 5.91 Å². The number of benzene rings is 1. The summed E-state index contributed by atoms with van der Waals surface area (Å²) >= 11 is 0. The van der Waals surface area contributed by atoms with Gasteiger partial charge in [-0.15, -0.1) is 0 Å². The fourth-order valence-corrected chi connectivity index (χ4v) is 3.01. The van der Waals surface area contributed by atoms with Crippen molar-refractivity contribution in [1.29, 1.82) is 0 Å². The van der Waals surface area contributed by atoms with Crippen molar-refractivity contribution in [1.82, 2.24) is 4.90 Å². The Hall–Kier alpha value is -1.55. The van der Waals surface area contributed by atoms with E-state index in [4.69, 9.17) is 5.73 Å². The second-order valence-electron chi connectivity index (χ2n) is 5.64.